The number of para-hydroxylation sites is 1. The molecular weight excluding hydrogens is 316 g/mol. The number of aromatic nitrogens is 1. The van der Waals surface area contributed by atoms with Crippen LogP contribution in [0.15, 0.2) is 79.1 Å². The highest BCUT2D eigenvalue weighted by molar-refractivity contribution is 5.89. The first-order valence-electron chi connectivity index (χ1n) is 7.83. The second-order valence-electron chi connectivity index (χ2n) is 5.33. The second kappa shape index (κ2) is 7.97. The molecule has 0 fully saturated rings. The number of hydrogen-bond donors (Lipinski definition) is 0. The molecule has 5 nitrogen and oxygen atoms in total. The van der Waals surface area contributed by atoms with E-state index in [-0.39, 0.29) is 0 Å². The van der Waals surface area contributed by atoms with Crippen molar-refractivity contribution in [2.45, 2.75) is 6.54 Å². The van der Waals surface area contributed by atoms with Gasteiger partial charge in [0.2, 0.25) is 0 Å². The van der Waals surface area contributed by atoms with Crippen LogP contribution in [-0.4, -0.2) is 18.2 Å². The highest BCUT2D eigenvalue weighted by Crippen LogP contribution is 2.23. The fourth-order valence-electron chi connectivity index (χ4n) is 2.34. The highest BCUT2D eigenvalue weighted by Gasteiger charge is 2.19. The van der Waals surface area contributed by atoms with Crippen LogP contribution in [0.25, 0.3) is 0 Å². The van der Waals surface area contributed by atoms with Crippen molar-refractivity contribution in [3.63, 3.8) is 0 Å². The summed E-state index contributed by atoms with van der Waals surface area (Å²) in [5.74, 6) is 1.22. The predicted molar refractivity (Wildman–Crippen MR) is 95.9 cm³/mol. The number of carbonyl (C=O) groups is 1. The van der Waals surface area contributed by atoms with E-state index in [0.29, 0.717) is 18.0 Å². The van der Waals surface area contributed by atoms with Crippen molar-refractivity contribution in [1.82, 2.24) is 4.98 Å². The van der Waals surface area contributed by atoms with Crippen molar-refractivity contribution in [2.75, 3.05) is 12.0 Å². The minimum absolute atomic E-state index is 0.353. The van der Waals surface area contributed by atoms with Gasteiger partial charge in [-0.25, -0.2) is 4.79 Å². The zero-order chi connectivity index (χ0) is 17.5. The van der Waals surface area contributed by atoms with Crippen LogP contribution < -0.4 is 14.4 Å². The van der Waals surface area contributed by atoms with E-state index in [2.05, 4.69) is 4.98 Å². The van der Waals surface area contributed by atoms with Gasteiger partial charge in [0.05, 0.1) is 13.7 Å². The molecule has 1 heterocycles. The van der Waals surface area contributed by atoms with E-state index >= 15 is 0 Å². The Labute approximate surface area is 146 Å². The molecule has 0 aliphatic rings. The van der Waals surface area contributed by atoms with E-state index in [4.69, 9.17) is 9.47 Å². The number of ether oxygens (including phenoxy) is 2. The molecule has 3 aromatic rings. The molecule has 0 bridgehead atoms. The third-order valence-corrected chi connectivity index (χ3v) is 3.62. The smallest absolute Gasteiger partial charge is 0.420 e. The van der Waals surface area contributed by atoms with Crippen molar-refractivity contribution in [2.24, 2.45) is 0 Å². The summed E-state index contributed by atoms with van der Waals surface area (Å²) in [6.45, 7) is 0.353. The van der Waals surface area contributed by atoms with Gasteiger partial charge in [-0.3, -0.25) is 9.88 Å². The molecule has 0 radical (unpaired) electrons. The van der Waals surface area contributed by atoms with E-state index in [9.17, 15) is 4.79 Å². The Kier molecular flexibility index (Phi) is 5.26. The fourth-order valence-corrected chi connectivity index (χ4v) is 2.34. The van der Waals surface area contributed by atoms with E-state index in [0.717, 1.165) is 11.3 Å². The lowest BCUT2D eigenvalue weighted by molar-refractivity contribution is 0.207. The molecule has 0 aliphatic carbocycles. The maximum Gasteiger partial charge on any atom is 0.420 e. The van der Waals surface area contributed by atoms with Crippen LogP contribution in [-0.2, 0) is 6.54 Å². The Morgan fingerprint density at radius 3 is 2.36 bits per heavy atom. The van der Waals surface area contributed by atoms with Crippen LogP contribution in [0.5, 0.6) is 11.5 Å². The average Bonchev–Trinajstić information content (AvgIpc) is 2.68. The maximum absolute atomic E-state index is 12.7. The minimum atomic E-state index is -0.458. The Morgan fingerprint density at radius 1 is 0.960 bits per heavy atom. The van der Waals surface area contributed by atoms with Gasteiger partial charge in [0.25, 0.3) is 0 Å². The molecule has 2 aromatic carbocycles. The van der Waals surface area contributed by atoms with Crippen LogP contribution in [0.2, 0.25) is 0 Å². The third-order valence-electron chi connectivity index (χ3n) is 3.62. The topological polar surface area (TPSA) is 51.7 Å². The molecule has 25 heavy (non-hydrogen) atoms. The Balaban J connectivity index is 1.86. The monoisotopic (exact) mass is 334 g/mol. The first-order chi connectivity index (χ1) is 12.3. The SMILES string of the molecule is COc1ccc(N(Cc2cccnc2)C(=O)Oc2ccccc2)cc1. The number of amides is 1. The van der Waals surface area contributed by atoms with Crippen molar-refractivity contribution in [3.8, 4) is 11.5 Å². The van der Waals surface area contributed by atoms with Gasteiger partial charge in [0.15, 0.2) is 0 Å². The molecule has 3 rings (SSSR count). The molecule has 0 aliphatic heterocycles. The largest absolute Gasteiger partial charge is 0.497 e. The Bertz CT molecular complexity index is 805. The standard InChI is InChI=1S/C20H18N2O3/c1-24-18-11-9-17(10-12-18)22(15-16-6-5-13-21-14-16)20(23)25-19-7-3-2-4-8-19/h2-14H,15H2,1H3. The second-order valence-corrected chi connectivity index (χ2v) is 5.33. The number of pyridine rings is 1. The zero-order valence-corrected chi connectivity index (χ0v) is 13.8. The fraction of sp³-hybridized carbons (Fsp3) is 0.100. The number of methoxy groups -OCH3 is 1. The van der Waals surface area contributed by atoms with Gasteiger partial charge >= 0.3 is 6.09 Å². The molecule has 1 amide bonds. The molecular formula is C20H18N2O3. The van der Waals surface area contributed by atoms with Crippen molar-refractivity contribution in [3.05, 3.63) is 84.7 Å². The molecule has 0 unspecified atom stereocenters. The van der Waals surface area contributed by atoms with E-state index in [1.807, 2.05) is 42.5 Å². The quantitative estimate of drug-likeness (QED) is 0.698. The summed E-state index contributed by atoms with van der Waals surface area (Å²) in [6, 6.07) is 20.0. The summed E-state index contributed by atoms with van der Waals surface area (Å²) in [4.78, 5) is 18.4. The summed E-state index contributed by atoms with van der Waals surface area (Å²) in [6.07, 6.45) is 2.97. The van der Waals surface area contributed by atoms with Gasteiger partial charge in [-0.15, -0.1) is 0 Å². The maximum atomic E-state index is 12.7. The molecule has 0 saturated carbocycles. The van der Waals surface area contributed by atoms with Crippen molar-refractivity contribution >= 4 is 11.8 Å². The van der Waals surface area contributed by atoms with Crippen LogP contribution in [0.1, 0.15) is 5.56 Å². The molecule has 5 heteroatoms. The van der Waals surface area contributed by atoms with E-state index < -0.39 is 6.09 Å². The number of carbonyl (C=O) groups excluding carboxylic acids is 1. The average molecular weight is 334 g/mol. The summed E-state index contributed by atoms with van der Waals surface area (Å²) >= 11 is 0. The Hall–Kier alpha value is -3.34. The Morgan fingerprint density at radius 2 is 1.72 bits per heavy atom. The van der Waals surface area contributed by atoms with Crippen LogP contribution in [0.4, 0.5) is 10.5 Å². The molecule has 0 saturated heterocycles. The van der Waals surface area contributed by atoms with Crippen molar-refractivity contribution < 1.29 is 14.3 Å². The lowest BCUT2D eigenvalue weighted by atomic mass is 10.2. The van der Waals surface area contributed by atoms with Crippen LogP contribution in [0.3, 0.4) is 0 Å². The van der Waals surface area contributed by atoms with Gasteiger partial charge in [-0.2, -0.15) is 0 Å². The summed E-state index contributed by atoms with van der Waals surface area (Å²) in [5.41, 5.74) is 1.62. The third kappa shape index (κ3) is 4.35. The highest BCUT2D eigenvalue weighted by atomic mass is 16.6. The summed E-state index contributed by atoms with van der Waals surface area (Å²) in [7, 11) is 1.60. The molecule has 0 spiro atoms. The minimum Gasteiger partial charge on any atom is -0.497 e. The van der Waals surface area contributed by atoms with Gasteiger partial charge in [0.1, 0.15) is 11.5 Å². The summed E-state index contributed by atoms with van der Waals surface area (Å²) in [5, 5.41) is 0. The number of hydrogen-bond acceptors (Lipinski definition) is 4. The van der Waals surface area contributed by atoms with E-state index in [1.165, 1.54) is 0 Å². The normalized spacial score (nSPS) is 10.1. The van der Waals surface area contributed by atoms with Crippen molar-refractivity contribution in [1.29, 1.82) is 0 Å². The lowest BCUT2D eigenvalue weighted by Gasteiger charge is -2.22. The number of benzene rings is 2. The number of anilines is 1. The van der Waals surface area contributed by atoms with Crippen LogP contribution >= 0.6 is 0 Å². The van der Waals surface area contributed by atoms with Gasteiger partial charge in [0, 0.05) is 18.1 Å². The molecule has 0 N–H and O–H groups in total. The number of nitrogens with zero attached hydrogens (tertiary/aromatic N) is 2. The van der Waals surface area contributed by atoms with Gasteiger partial charge in [-0.05, 0) is 48.0 Å². The molecule has 1 aromatic heterocycles. The zero-order valence-electron chi connectivity index (χ0n) is 13.8. The van der Waals surface area contributed by atoms with Crippen LogP contribution in [0, 0.1) is 0 Å². The van der Waals surface area contributed by atoms with Gasteiger partial charge < -0.3 is 9.47 Å². The number of rotatable bonds is 5. The van der Waals surface area contributed by atoms with E-state index in [1.54, 1.807) is 48.7 Å². The molecule has 126 valence electrons. The predicted octanol–water partition coefficient (Wildman–Crippen LogP) is 4.30. The van der Waals surface area contributed by atoms with Gasteiger partial charge in [-0.1, -0.05) is 24.3 Å². The first-order valence-corrected chi connectivity index (χ1v) is 7.83. The molecule has 0 atom stereocenters. The first kappa shape index (κ1) is 16.5. The lowest BCUT2D eigenvalue weighted by Crippen LogP contribution is -2.33. The summed E-state index contributed by atoms with van der Waals surface area (Å²) < 4.78 is 10.7.